The first-order chi connectivity index (χ1) is 8.77. The number of anilines is 1. The van der Waals surface area contributed by atoms with Gasteiger partial charge in [0.15, 0.2) is 0 Å². The monoisotopic (exact) mass is 245 g/mol. The fourth-order valence-electron chi connectivity index (χ4n) is 1.72. The minimum Gasteiger partial charge on any atom is -0.367 e. The van der Waals surface area contributed by atoms with E-state index in [-0.39, 0.29) is 5.88 Å². The lowest BCUT2D eigenvalue weighted by Crippen LogP contribution is -1.90. The SMILES string of the molecule is Nc1onc(-c2cn[nH]n2)c1-c1ccccc1F. The van der Waals surface area contributed by atoms with Crippen molar-refractivity contribution in [2.75, 3.05) is 5.73 Å². The molecule has 0 spiro atoms. The van der Waals surface area contributed by atoms with Gasteiger partial charge < -0.3 is 10.3 Å². The minimum absolute atomic E-state index is 0.0399. The molecule has 0 aliphatic rings. The number of hydrogen-bond acceptors (Lipinski definition) is 5. The summed E-state index contributed by atoms with van der Waals surface area (Å²) >= 11 is 0. The Balaban J connectivity index is 2.24. The van der Waals surface area contributed by atoms with Crippen molar-refractivity contribution in [1.82, 2.24) is 20.6 Å². The van der Waals surface area contributed by atoms with E-state index in [0.717, 1.165) is 0 Å². The van der Waals surface area contributed by atoms with E-state index in [1.54, 1.807) is 18.2 Å². The number of rotatable bonds is 2. The van der Waals surface area contributed by atoms with Gasteiger partial charge in [-0.1, -0.05) is 23.4 Å². The molecule has 0 aliphatic heterocycles. The van der Waals surface area contributed by atoms with Gasteiger partial charge in [-0.05, 0) is 6.07 Å². The van der Waals surface area contributed by atoms with E-state index in [1.165, 1.54) is 12.3 Å². The summed E-state index contributed by atoms with van der Waals surface area (Å²) in [6, 6.07) is 6.24. The highest BCUT2D eigenvalue weighted by atomic mass is 19.1. The van der Waals surface area contributed by atoms with E-state index in [0.29, 0.717) is 22.5 Å². The Hall–Kier alpha value is -2.70. The van der Waals surface area contributed by atoms with Crippen molar-refractivity contribution in [2.24, 2.45) is 0 Å². The number of hydrogen-bond donors (Lipinski definition) is 2. The first-order valence-corrected chi connectivity index (χ1v) is 5.13. The molecular weight excluding hydrogens is 237 g/mol. The fraction of sp³-hybridized carbons (Fsp3) is 0. The molecule has 90 valence electrons. The van der Waals surface area contributed by atoms with Gasteiger partial charge in [0.1, 0.15) is 17.2 Å². The number of aromatic amines is 1. The largest absolute Gasteiger partial charge is 0.367 e. The molecule has 0 atom stereocenters. The summed E-state index contributed by atoms with van der Waals surface area (Å²) < 4.78 is 18.7. The minimum atomic E-state index is -0.405. The Morgan fingerprint density at radius 3 is 2.83 bits per heavy atom. The highest BCUT2D eigenvalue weighted by molar-refractivity contribution is 5.85. The summed E-state index contributed by atoms with van der Waals surface area (Å²) in [5, 5.41) is 13.8. The van der Waals surface area contributed by atoms with Crippen molar-refractivity contribution in [3.63, 3.8) is 0 Å². The number of aromatic nitrogens is 4. The fourth-order valence-corrected chi connectivity index (χ4v) is 1.72. The zero-order chi connectivity index (χ0) is 12.5. The van der Waals surface area contributed by atoms with Gasteiger partial charge in [-0.2, -0.15) is 15.4 Å². The van der Waals surface area contributed by atoms with Crippen molar-refractivity contribution in [2.45, 2.75) is 0 Å². The molecule has 0 unspecified atom stereocenters. The summed E-state index contributed by atoms with van der Waals surface area (Å²) in [6.07, 6.45) is 1.46. The second-order valence-corrected chi connectivity index (χ2v) is 3.61. The molecule has 18 heavy (non-hydrogen) atoms. The number of H-pyrrole nitrogens is 1. The first-order valence-electron chi connectivity index (χ1n) is 5.13. The van der Waals surface area contributed by atoms with Gasteiger partial charge >= 0.3 is 0 Å². The normalized spacial score (nSPS) is 10.7. The molecule has 1 aromatic carbocycles. The summed E-state index contributed by atoms with van der Waals surface area (Å²) in [5.74, 6) is -0.366. The highest BCUT2D eigenvalue weighted by Crippen LogP contribution is 2.36. The van der Waals surface area contributed by atoms with Crippen LogP contribution < -0.4 is 5.73 Å². The van der Waals surface area contributed by atoms with E-state index in [1.807, 2.05) is 0 Å². The lowest BCUT2D eigenvalue weighted by molar-refractivity contribution is 0.439. The van der Waals surface area contributed by atoms with Crippen LogP contribution in [0.1, 0.15) is 0 Å². The van der Waals surface area contributed by atoms with E-state index in [2.05, 4.69) is 20.6 Å². The topological polar surface area (TPSA) is 93.6 Å². The Labute approximate surface area is 101 Å². The average Bonchev–Trinajstić information content (AvgIpc) is 2.99. The number of benzene rings is 1. The molecule has 2 aromatic heterocycles. The number of halogens is 1. The van der Waals surface area contributed by atoms with Crippen LogP contribution in [0.5, 0.6) is 0 Å². The van der Waals surface area contributed by atoms with Crippen molar-refractivity contribution >= 4 is 5.88 Å². The third kappa shape index (κ3) is 1.53. The summed E-state index contributed by atoms with van der Waals surface area (Å²) in [4.78, 5) is 0. The second kappa shape index (κ2) is 3.95. The third-order valence-corrected chi connectivity index (χ3v) is 2.52. The summed E-state index contributed by atoms with van der Waals surface area (Å²) in [7, 11) is 0. The third-order valence-electron chi connectivity index (χ3n) is 2.52. The molecule has 0 radical (unpaired) electrons. The standard InChI is InChI=1S/C11H8FN5O/c12-7-4-2-1-3-6(7)9-10(16-18-11(9)13)8-5-14-17-15-8/h1-5H,13H2,(H,14,15,17). The van der Waals surface area contributed by atoms with Crippen LogP contribution in [0.3, 0.4) is 0 Å². The molecule has 3 N–H and O–H groups in total. The number of nitrogens with one attached hydrogen (secondary N) is 1. The maximum Gasteiger partial charge on any atom is 0.230 e. The molecule has 2 heterocycles. The quantitative estimate of drug-likeness (QED) is 0.718. The maximum absolute atomic E-state index is 13.8. The van der Waals surface area contributed by atoms with Crippen LogP contribution >= 0.6 is 0 Å². The zero-order valence-electron chi connectivity index (χ0n) is 9.09. The Kier molecular flexibility index (Phi) is 2.30. The molecule has 6 nitrogen and oxygen atoms in total. The lowest BCUT2D eigenvalue weighted by Gasteiger charge is -2.01. The summed E-state index contributed by atoms with van der Waals surface area (Å²) in [6.45, 7) is 0. The van der Waals surface area contributed by atoms with E-state index in [9.17, 15) is 4.39 Å². The number of nitrogen functional groups attached to an aromatic ring is 1. The Morgan fingerprint density at radius 1 is 1.28 bits per heavy atom. The van der Waals surface area contributed by atoms with Crippen molar-refractivity contribution in [3.05, 3.63) is 36.3 Å². The molecule has 0 saturated carbocycles. The van der Waals surface area contributed by atoms with Crippen molar-refractivity contribution in [1.29, 1.82) is 0 Å². The molecule has 0 fully saturated rings. The second-order valence-electron chi connectivity index (χ2n) is 3.61. The van der Waals surface area contributed by atoms with E-state index in [4.69, 9.17) is 10.3 Å². The van der Waals surface area contributed by atoms with Gasteiger partial charge in [0.05, 0.1) is 11.8 Å². The molecule has 3 rings (SSSR count). The molecule has 0 aliphatic carbocycles. The smallest absolute Gasteiger partial charge is 0.230 e. The molecule has 0 bridgehead atoms. The number of nitrogens with two attached hydrogens (primary N) is 1. The van der Waals surface area contributed by atoms with Gasteiger partial charge in [-0.15, -0.1) is 0 Å². The van der Waals surface area contributed by atoms with Gasteiger partial charge in [-0.3, -0.25) is 0 Å². The van der Waals surface area contributed by atoms with Crippen LogP contribution in [0.2, 0.25) is 0 Å². The zero-order valence-corrected chi connectivity index (χ0v) is 9.09. The number of nitrogens with zero attached hydrogens (tertiary/aromatic N) is 3. The van der Waals surface area contributed by atoms with Gasteiger partial charge in [0.25, 0.3) is 0 Å². The maximum atomic E-state index is 13.8. The molecule has 0 amide bonds. The van der Waals surface area contributed by atoms with Crippen molar-refractivity contribution in [3.8, 4) is 22.5 Å². The van der Waals surface area contributed by atoms with Crippen LogP contribution in [0.25, 0.3) is 22.5 Å². The van der Waals surface area contributed by atoms with Crippen LogP contribution in [-0.2, 0) is 0 Å². The predicted molar refractivity (Wildman–Crippen MR) is 61.7 cm³/mol. The van der Waals surface area contributed by atoms with Crippen LogP contribution in [0, 0.1) is 5.82 Å². The lowest BCUT2D eigenvalue weighted by atomic mass is 10.0. The van der Waals surface area contributed by atoms with Crippen LogP contribution in [-0.4, -0.2) is 20.6 Å². The van der Waals surface area contributed by atoms with E-state index >= 15 is 0 Å². The first kappa shape index (κ1) is 10.5. The van der Waals surface area contributed by atoms with Gasteiger partial charge in [0.2, 0.25) is 5.88 Å². The highest BCUT2D eigenvalue weighted by Gasteiger charge is 2.21. The Morgan fingerprint density at radius 2 is 2.11 bits per heavy atom. The van der Waals surface area contributed by atoms with Crippen LogP contribution in [0.4, 0.5) is 10.3 Å². The van der Waals surface area contributed by atoms with Gasteiger partial charge in [0, 0.05) is 5.56 Å². The predicted octanol–water partition coefficient (Wildman–Crippen LogP) is 1.85. The molecule has 3 aromatic rings. The Bertz CT molecular complexity index is 677. The van der Waals surface area contributed by atoms with Crippen molar-refractivity contribution < 1.29 is 8.91 Å². The van der Waals surface area contributed by atoms with Gasteiger partial charge in [-0.25, -0.2) is 4.39 Å². The molecule has 7 heteroatoms. The molecular formula is C11H8FN5O. The van der Waals surface area contributed by atoms with E-state index < -0.39 is 5.82 Å². The molecule has 0 saturated heterocycles. The summed E-state index contributed by atoms with van der Waals surface area (Å²) in [5.41, 5.74) is 7.18. The average molecular weight is 245 g/mol. The van der Waals surface area contributed by atoms with Crippen LogP contribution in [0.15, 0.2) is 35.0 Å².